The maximum absolute atomic E-state index is 13.9. The third-order valence-corrected chi connectivity index (χ3v) is 7.25. The highest BCUT2D eigenvalue weighted by molar-refractivity contribution is 6.17. The minimum Gasteiger partial charge on any atom is -0.303 e. The van der Waals surface area contributed by atoms with E-state index < -0.39 is 23.6 Å². The highest BCUT2D eigenvalue weighted by atomic mass is 19.4. The highest BCUT2D eigenvalue weighted by Crippen LogP contribution is 2.32. The molecular weight excluding hydrogens is 566 g/mol. The molecule has 43 heavy (non-hydrogen) atoms. The van der Waals surface area contributed by atoms with E-state index in [1.807, 2.05) is 13.8 Å². The molecule has 3 aliphatic heterocycles. The molecule has 1 saturated heterocycles. The molecule has 9 nitrogen and oxygen atoms in total. The van der Waals surface area contributed by atoms with Crippen molar-refractivity contribution >= 4 is 24.1 Å². The van der Waals surface area contributed by atoms with E-state index in [0.717, 1.165) is 17.9 Å². The summed E-state index contributed by atoms with van der Waals surface area (Å²) in [5, 5.41) is 5.85. The average Bonchev–Trinajstić information content (AvgIpc) is 3.38. The molecule has 4 heterocycles. The van der Waals surface area contributed by atoms with E-state index in [9.17, 15) is 27.2 Å². The first kappa shape index (κ1) is 33.7. The lowest BCUT2D eigenvalue weighted by atomic mass is 9.96. The summed E-state index contributed by atoms with van der Waals surface area (Å²) in [6, 6.07) is 3.73. The normalized spacial score (nSPS) is 20.0. The van der Waals surface area contributed by atoms with Gasteiger partial charge in [0.1, 0.15) is 36.0 Å². The number of fused-ring (bicyclic) bond motifs is 1. The fourth-order valence-corrected chi connectivity index (χ4v) is 4.61. The standard InChI is InChI=1S/C17H15F4N3O.C8H18N2.C5H4N2O/c1-9(2)12-6-15(23-24-7-11(8-25)22-16(12)24)10-3-4-13(14(18)5-10)17(19,20)21;1-8(2)7-9(3)5-6-10(8)4;8-3-5-1-2-6-4-7-5/h3-6,8-9,11H,7H2,1-2H3;5-7H2,1-4H3;1-4H. The second-order valence-corrected chi connectivity index (χ2v) is 11.4. The van der Waals surface area contributed by atoms with Crippen molar-refractivity contribution in [3.05, 3.63) is 71.1 Å². The molecule has 1 fully saturated rings. The summed E-state index contributed by atoms with van der Waals surface area (Å²) >= 11 is 0. The van der Waals surface area contributed by atoms with Crippen LogP contribution in [-0.2, 0) is 11.0 Å². The predicted molar refractivity (Wildman–Crippen MR) is 156 cm³/mol. The van der Waals surface area contributed by atoms with Crippen LogP contribution in [0.25, 0.3) is 0 Å². The molecule has 13 heteroatoms. The number of alkyl halides is 3. The van der Waals surface area contributed by atoms with Crippen LogP contribution in [0, 0.1) is 11.7 Å². The first-order chi connectivity index (χ1) is 20.2. The predicted octanol–water partition coefficient (Wildman–Crippen LogP) is 4.36. The van der Waals surface area contributed by atoms with E-state index in [0.29, 0.717) is 35.1 Å². The third kappa shape index (κ3) is 8.83. The van der Waals surface area contributed by atoms with E-state index in [4.69, 9.17) is 0 Å². The fraction of sp³-hybridized carbons (Fsp3) is 0.467. The molecule has 5 rings (SSSR count). The molecular formula is C30H37F4N7O2. The summed E-state index contributed by atoms with van der Waals surface area (Å²) in [5.74, 6) is -0.724. The van der Waals surface area contributed by atoms with Crippen molar-refractivity contribution in [2.24, 2.45) is 16.0 Å². The monoisotopic (exact) mass is 603 g/mol. The number of carbonyl (C=O) groups is 2. The minimum absolute atomic E-state index is 0.0523. The van der Waals surface area contributed by atoms with E-state index in [1.54, 1.807) is 17.2 Å². The van der Waals surface area contributed by atoms with E-state index >= 15 is 0 Å². The lowest BCUT2D eigenvalue weighted by molar-refractivity contribution is -0.140. The van der Waals surface area contributed by atoms with Crippen molar-refractivity contribution in [2.75, 3.05) is 40.3 Å². The number of nitrogens with zero attached hydrogens (tertiary/aromatic N) is 7. The molecule has 2 aromatic rings. The Bertz CT molecular complexity index is 1370. The first-order valence-electron chi connectivity index (χ1n) is 13.8. The van der Waals surface area contributed by atoms with Gasteiger partial charge in [-0.1, -0.05) is 19.9 Å². The number of hydrogen-bond acceptors (Lipinski definition) is 9. The number of aldehydes is 2. The topological polar surface area (TPSA) is 94.4 Å². The quantitative estimate of drug-likeness (QED) is 0.379. The number of likely N-dealkylation sites (N-methyl/N-ethyl adjacent to an activating group) is 2. The summed E-state index contributed by atoms with van der Waals surface area (Å²) in [4.78, 5) is 37.3. The Morgan fingerprint density at radius 1 is 1.09 bits per heavy atom. The van der Waals surface area contributed by atoms with E-state index in [1.165, 1.54) is 38.2 Å². The van der Waals surface area contributed by atoms with Gasteiger partial charge in [-0.25, -0.2) is 19.4 Å². The molecule has 0 saturated carbocycles. The molecule has 0 radical (unpaired) electrons. The van der Waals surface area contributed by atoms with Crippen LogP contribution in [0.1, 0.15) is 49.3 Å². The second-order valence-electron chi connectivity index (χ2n) is 11.4. The van der Waals surface area contributed by atoms with Gasteiger partial charge in [-0.05, 0) is 58.1 Å². The van der Waals surface area contributed by atoms with Gasteiger partial charge in [0.25, 0.3) is 0 Å². The van der Waals surface area contributed by atoms with E-state index in [2.05, 4.69) is 57.8 Å². The lowest BCUT2D eigenvalue weighted by Crippen LogP contribution is -2.56. The number of benzene rings is 1. The number of aliphatic imine (C=N–C) groups is 1. The molecule has 3 aliphatic rings. The van der Waals surface area contributed by atoms with E-state index in [-0.39, 0.29) is 18.0 Å². The van der Waals surface area contributed by atoms with Gasteiger partial charge in [0, 0.05) is 42.5 Å². The van der Waals surface area contributed by atoms with Crippen LogP contribution in [-0.4, -0.2) is 101 Å². The molecule has 1 aromatic carbocycles. The lowest BCUT2D eigenvalue weighted by Gasteiger charge is -2.44. The largest absolute Gasteiger partial charge is 0.419 e. The third-order valence-electron chi connectivity index (χ3n) is 7.25. The number of amidine groups is 1. The summed E-state index contributed by atoms with van der Waals surface area (Å²) in [6.45, 7) is 12.3. The zero-order valence-electron chi connectivity index (χ0n) is 25.1. The van der Waals surface area contributed by atoms with Crippen LogP contribution in [0.15, 0.2) is 58.5 Å². The van der Waals surface area contributed by atoms with Crippen molar-refractivity contribution in [2.45, 2.75) is 45.5 Å². The van der Waals surface area contributed by atoms with Gasteiger partial charge in [-0.3, -0.25) is 14.7 Å². The van der Waals surface area contributed by atoms with Gasteiger partial charge in [-0.2, -0.15) is 18.3 Å². The van der Waals surface area contributed by atoms with Crippen molar-refractivity contribution in [1.29, 1.82) is 0 Å². The Morgan fingerprint density at radius 3 is 2.30 bits per heavy atom. The van der Waals surface area contributed by atoms with Gasteiger partial charge < -0.3 is 9.69 Å². The molecule has 0 bridgehead atoms. The van der Waals surface area contributed by atoms with Gasteiger partial charge in [-0.15, -0.1) is 0 Å². The summed E-state index contributed by atoms with van der Waals surface area (Å²) < 4.78 is 52.0. The first-order valence-corrected chi connectivity index (χ1v) is 13.8. The molecule has 232 valence electrons. The van der Waals surface area contributed by atoms with Gasteiger partial charge in [0.2, 0.25) is 0 Å². The van der Waals surface area contributed by atoms with Crippen LogP contribution < -0.4 is 0 Å². The number of allylic oxidation sites excluding steroid dienone is 1. The molecule has 0 amide bonds. The van der Waals surface area contributed by atoms with Crippen LogP contribution in [0.2, 0.25) is 0 Å². The average molecular weight is 604 g/mol. The smallest absolute Gasteiger partial charge is 0.303 e. The molecule has 1 aromatic heterocycles. The fourth-order valence-electron chi connectivity index (χ4n) is 4.61. The minimum atomic E-state index is -4.75. The van der Waals surface area contributed by atoms with Crippen LogP contribution in [0.4, 0.5) is 17.6 Å². The maximum atomic E-state index is 13.9. The molecule has 1 unspecified atom stereocenters. The Morgan fingerprint density at radius 2 is 1.81 bits per heavy atom. The SMILES string of the molecule is CC(C)C1=CC(c2ccc(C(F)(F)F)c(F)c2)=NN2CC(C=O)N=C12.CN1CCN(C)C(C)(C)C1.O=Cc1ccncn1. The summed E-state index contributed by atoms with van der Waals surface area (Å²) in [7, 11) is 4.39. The van der Waals surface area contributed by atoms with Gasteiger partial charge >= 0.3 is 6.18 Å². The number of hydrazone groups is 1. The summed E-state index contributed by atoms with van der Waals surface area (Å²) in [6.07, 6.45) is 1.19. The Labute approximate surface area is 249 Å². The van der Waals surface area contributed by atoms with Crippen molar-refractivity contribution in [1.82, 2.24) is 24.8 Å². The Hall–Kier alpha value is -3.84. The zero-order chi connectivity index (χ0) is 31.9. The Balaban J connectivity index is 0.000000229. The molecule has 0 aliphatic carbocycles. The number of carbonyl (C=O) groups excluding carboxylic acids is 2. The highest BCUT2D eigenvalue weighted by Gasteiger charge is 2.35. The number of halogens is 4. The van der Waals surface area contributed by atoms with Gasteiger partial charge in [0.15, 0.2) is 6.29 Å². The van der Waals surface area contributed by atoms with Crippen LogP contribution in [0.5, 0.6) is 0 Å². The molecule has 1 atom stereocenters. The van der Waals surface area contributed by atoms with Crippen molar-refractivity contribution in [3.63, 3.8) is 0 Å². The maximum Gasteiger partial charge on any atom is 0.419 e. The van der Waals surface area contributed by atoms with Crippen LogP contribution >= 0.6 is 0 Å². The number of hydrogen-bond donors (Lipinski definition) is 0. The van der Waals surface area contributed by atoms with Gasteiger partial charge in [0.05, 0.1) is 17.8 Å². The van der Waals surface area contributed by atoms with Crippen molar-refractivity contribution in [3.8, 4) is 0 Å². The number of rotatable bonds is 4. The van der Waals surface area contributed by atoms with Crippen LogP contribution in [0.3, 0.4) is 0 Å². The molecule has 0 N–H and O–H groups in total. The van der Waals surface area contributed by atoms with Crippen molar-refractivity contribution < 1.29 is 27.2 Å². The zero-order valence-corrected chi connectivity index (χ0v) is 25.1. The number of aromatic nitrogens is 2. The second kappa shape index (κ2) is 14.1. The Kier molecular flexibility index (Phi) is 11.0. The molecule has 0 spiro atoms. The summed E-state index contributed by atoms with van der Waals surface area (Å²) in [5.41, 5.74) is 0.839. The number of piperazine rings is 1.